The van der Waals surface area contributed by atoms with Gasteiger partial charge in [-0.2, -0.15) is 0 Å². The smallest absolute Gasteiger partial charge is 0.123 e. The number of halogens is 1. The van der Waals surface area contributed by atoms with Crippen molar-refractivity contribution in [3.63, 3.8) is 0 Å². The number of rotatable bonds is 4. The summed E-state index contributed by atoms with van der Waals surface area (Å²) >= 11 is 1.75. The summed E-state index contributed by atoms with van der Waals surface area (Å²) in [5.74, 6) is -0.200. The van der Waals surface area contributed by atoms with Gasteiger partial charge in [-0.25, -0.2) is 9.37 Å². The highest BCUT2D eigenvalue weighted by Crippen LogP contribution is 2.31. The summed E-state index contributed by atoms with van der Waals surface area (Å²) in [6.45, 7) is 3.71. The van der Waals surface area contributed by atoms with Crippen molar-refractivity contribution >= 4 is 11.3 Å². The third kappa shape index (κ3) is 3.72. The highest BCUT2D eigenvalue weighted by atomic mass is 32.1. The third-order valence-electron chi connectivity index (χ3n) is 4.20. The standard InChI is InChI=1S/C17H21FN2OS/c1-12-19-10-16(22-12)11-20(2)15-7-8-21-17(9-15)13-3-5-14(18)6-4-13/h3-6,10,15,17H,7-9,11H2,1-2H3. The maximum atomic E-state index is 13.0. The fourth-order valence-corrected chi connectivity index (χ4v) is 3.80. The molecular formula is C17H21FN2OS. The Morgan fingerprint density at radius 2 is 2.14 bits per heavy atom. The second-order valence-corrected chi connectivity index (χ2v) is 7.17. The van der Waals surface area contributed by atoms with Gasteiger partial charge in [-0.1, -0.05) is 12.1 Å². The first-order valence-corrected chi connectivity index (χ1v) is 8.42. The number of hydrogen-bond acceptors (Lipinski definition) is 4. The number of aromatic nitrogens is 1. The van der Waals surface area contributed by atoms with Gasteiger partial charge in [0.05, 0.1) is 11.1 Å². The van der Waals surface area contributed by atoms with Crippen LogP contribution in [0.5, 0.6) is 0 Å². The molecule has 3 rings (SSSR count). The van der Waals surface area contributed by atoms with Gasteiger partial charge < -0.3 is 4.74 Å². The normalized spacial score (nSPS) is 22.2. The Bertz CT molecular complexity index is 613. The summed E-state index contributed by atoms with van der Waals surface area (Å²) in [6, 6.07) is 7.15. The SMILES string of the molecule is Cc1ncc(CN(C)C2CCOC(c3ccc(F)cc3)C2)s1. The van der Waals surface area contributed by atoms with Crippen LogP contribution in [-0.4, -0.2) is 29.6 Å². The Hall–Kier alpha value is -1.30. The monoisotopic (exact) mass is 320 g/mol. The van der Waals surface area contributed by atoms with Crippen LogP contribution in [0.3, 0.4) is 0 Å². The maximum Gasteiger partial charge on any atom is 0.123 e. The van der Waals surface area contributed by atoms with Crippen molar-refractivity contribution in [2.24, 2.45) is 0 Å². The highest BCUT2D eigenvalue weighted by molar-refractivity contribution is 7.11. The van der Waals surface area contributed by atoms with Crippen LogP contribution in [0, 0.1) is 12.7 Å². The van der Waals surface area contributed by atoms with E-state index in [9.17, 15) is 4.39 Å². The molecule has 2 unspecified atom stereocenters. The van der Waals surface area contributed by atoms with Crippen LogP contribution < -0.4 is 0 Å². The minimum absolute atomic E-state index is 0.0602. The summed E-state index contributed by atoms with van der Waals surface area (Å²) < 4.78 is 18.9. The van der Waals surface area contributed by atoms with Gasteiger partial charge in [0.2, 0.25) is 0 Å². The van der Waals surface area contributed by atoms with E-state index in [-0.39, 0.29) is 11.9 Å². The third-order valence-corrected chi connectivity index (χ3v) is 5.09. The van der Waals surface area contributed by atoms with Crippen LogP contribution in [-0.2, 0) is 11.3 Å². The van der Waals surface area contributed by atoms with Crippen LogP contribution in [0.15, 0.2) is 30.5 Å². The summed E-state index contributed by atoms with van der Waals surface area (Å²) in [5.41, 5.74) is 1.06. The topological polar surface area (TPSA) is 25.4 Å². The molecule has 0 aliphatic carbocycles. The van der Waals surface area contributed by atoms with Gasteiger partial charge in [0.25, 0.3) is 0 Å². The van der Waals surface area contributed by atoms with Crippen LogP contribution in [0.2, 0.25) is 0 Å². The minimum atomic E-state index is -0.200. The van der Waals surface area contributed by atoms with Crippen molar-refractivity contribution in [3.8, 4) is 0 Å². The van der Waals surface area contributed by atoms with Gasteiger partial charge in [0.15, 0.2) is 0 Å². The van der Waals surface area contributed by atoms with Crippen LogP contribution >= 0.6 is 11.3 Å². The molecule has 2 aromatic rings. The number of ether oxygens (including phenoxy) is 1. The lowest BCUT2D eigenvalue weighted by molar-refractivity contribution is -0.0248. The zero-order chi connectivity index (χ0) is 15.5. The van der Waals surface area contributed by atoms with Gasteiger partial charge in [0.1, 0.15) is 5.82 Å². The highest BCUT2D eigenvalue weighted by Gasteiger charge is 2.26. The molecule has 118 valence electrons. The van der Waals surface area contributed by atoms with E-state index < -0.39 is 0 Å². The molecule has 5 heteroatoms. The van der Waals surface area contributed by atoms with Crippen molar-refractivity contribution in [1.29, 1.82) is 0 Å². The van der Waals surface area contributed by atoms with Gasteiger partial charge in [0, 0.05) is 30.3 Å². The summed E-state index contributed by atoms with van der Waals surface area (Å²) in [7, 11) is 2.16. The quantitative estimate of drug-likeness (QED) is 0.853. The zero-order valence-electron chi connectivity index (χ0n) is 13.0. The predicted molar refractivity (Wildman–Crippen MR) is 86.4 cm³/mol. The van der Waals surface area contributed by atoms with Crippen molar-refractivity contribution < 1.29 is 9.13 Å². The number of hydrogen-bond donors (Lipinski definition) is 0. The van der Waals surface area contributed by atoms with Crippen LogP contribution in [0.4, 0.5) is 4.39 Å². The Labute approximate surface area is 134 Å². The van der Waals surface area contributed by atoms with E-state index in [4.69, 9.17) is 4.74 Å². The van der Waals surface area contributed by atoms with Crippen LogP contribution in [0.25, 0.3) is 0 Å². The molecule has 1 aromatic carbocycles. The fraction of sp³-hybridized carbons (Fsp3) is 0.471. The fourth-order valence-electron chi connectivity index (χ4n) is 2.94. The summed E-state index contributed by atoms with van der Waals surface area (Å²) in [5, 5.41) is 1.11. The lowest BCUT2D eigenvalue weighted by Crippen LogP contribution is -2.37. The first-order chi connectivity index (χ1) is 10.6. The molecule has 0 bridgehead atoms. The average molecular weight is 320 g/mol. The van der Waals surface area contributed by atoms with E-state index in [1.54, 1.807) is 11.3 Å². The molecule has 1 aromatic heterocycles. The Morgan fingerprint density at radius 1 is 1.36 bits per heavy atom. The van der Waals surface area contributed by atoms with Gasteiger partial charge in [-0.15, -0.1) is 11.3 Å². The van der Waals surface area contributed by atoms with Gasteiger partial charge in [-0.05, 0) is 44.5 Å². The van der Waals surface area contributed by atoms with Crippen molar-refractivity contribution in [1.82, 2.24) is 9.88 Å². The Kier molecular flexibility index (Phi) is 4.86. The molecule has 3 nitrogen and oxygen atoms in total. The van der Waals surface area contributed by atoms with Crippen molar-refractivity contribution in [2.45, 2.75) is 38.5 Å². The molecule has 0 saturated carbocycles. The molecule has 22 heavy (non-hydrogen) atoms. The summed E-state index contributed by atoms with van der Waals surface area (Å²) in [4.78, 5) is 7.99. The molecule has 0 N–H and O–H groups in total. The molecule has 2 atom stereocenters. The average Bonchev–Trinajstić information content (AvgIpc) is 2.93. The van der Waals surface area contributed by atoms with E-state index in [0.717, 1.165) is 36.6 Å². The first kappa shape index (κ1) is 15.6. The molecule has 1 saturated heterocycles. The predicted octanol–water partition coefficient (Wildman–Crippen LogP) is 3.94. The Morgan fingerprint density at radius 3 is 2.82 bits per heavy atom. The molecule has 1 aliphatic rings. The van der Waals surface area contributed by atoms with E-state index in [1.807, 2.05) is 25.3 Å². The molecular weight excluding hydrogens is 299 g/mol. The first-order valence-electron chi connectivity index (χ1n) is 7.60. The minimum Gasteiger partial charge on any atom is -0.373 e. The largest absolute Gasteiger partial charge is 0.373 e. The second kappa shape index (κ2) is 6.86. The second-order valence-electron chi connectivity index (χ2n) is 5.85. The summed E-state index contributed by atoms with van der Waals surface area (Å²) in [6.07, 6.45) is 4.00. The molecule has 2 heterocycles. The molecule has 0 amide bonds. The molecule has 1 aliphatic heterocycles. The lowest BCUT2D eigenvalue weighted by Gasteiger charge is -2.35. The molecule has 0 spiro atoms. The maximum absolute atomic E-state index is 13.0. The van der Waals surface area contributed by atoms with E-state index in [1.165, 1.54) is 17.0 Å². The number of benzene rings is 1. The van der Waals surface area contributed by atoms with Crippen LogP contribution in [0.1, 0.15) is 34.4 Å². The Balaban J connectivity index is 1.63. The number of aryl methyl sites for hydroxylation is 1. The van der Waals surface area contributed by atoms with Crippen molar-refractivity contribution in [2.75, 3.05) is 13.7 Å². The molecule has 1 fully saturated rings. The number of thiazole rings is 1. The van der Waals surface area contributed by atoms with Gasteiger partial charge >= 0.3 is 0 Å². The lowest BCUT2D eigenvalue weighted by atomic mass is 9.96. The zero-order valence-corrected chi connectivity index (χ0v) is 13.8. The van der Waals surface area contributed by atoms with Crippen molar-refractivity contribution in [3.05, 3.63) is 51.7 Å². The van der Waals surface area contributed by atoms with E-state index >= 15 is 0 Å². The number of nitrogens with zero attached hydrogens (tertiary/aromatic N) is 2. The van der Waals surface area contributed by atoms with E-state index in [0.29, 0.717) is 6.04 Å². The van der Waals surface area contributed by atoms with E-state index in [2.05, 4.69) is 16.9 Å². The molecule has 0 radical (unpaired) electrons. The van der Waals surface area contributed by atoms with Gasteiger partial charge in [-0.3, -0.25) is 4.90 Å².